The number of nitro groups is 1. The number of para-hydroxylation sites is 1. The van der Waals surface area contributed by atoms with E-state index >= 15 is 0 Å². The number of methoxy groups -OCH3 is 1. The molecule has 21 heavy (non-hydrogen) atoms. The van der Waals surface area contributed by atoms with Crippen LogP contribution in [0.4, 0.5) is 10.1 Å². The van der Waals surface area contributed by atoms with E-state index in [9.17, 15) is 14.5 Å². The van der Waals surface area contributed by atoms with Crippen LogP contribution in [0.3, 0.4) is 0 Å². The Labute approximate surface area is 121 Å². The molecule has 2 aromatic carbocycles. The molecular formula is C15H15FN2O3. The van der Waals surface area contributed by atoms with E-state index in [1.807, 2.05) is 0 Å². The molecule has 0 saturated heterocycles. The second-order valence-electron chi connectivity index (χ2n) is 4.59. The van der Waals surface area contributed by atoms with Crippen LogP contribution in [0.5, 0.6) is 5.75 Å². The molecule has 0 aliphatic carbocycles. The first-order valence-corrected chi connectivity index (χ1v) is 6.34. The SMILES string of the molecule is COc1ccc(C(N)Cc2ccccc2[N+](=O)[O-])cc1F. The molecule has 0 amide bonds. The van der Waals surface area contributed by atoms with Crippen LogP contribution in [0.1, 0.15) is 17.2 Å². The van der Waals surface area contributed by atoms with Gasteiger partial charge in [-0.25, -0.2) is 4.39 Å². The standard InChI is InChI=1S/C15H15FN2O3/c1-21-15-7-6-10(8-12(15)16)13(17)9-11-4-2-3-5-14(11)18(19)20/h2-8,13H,9,17H2,1H3. The van der Waals surface area contributed by atoms with Crippen LogP contribution >= 0.6 is 0 Å². The van der Waals surface area contributed by atoms with Crippen molar-refractivity contribution in [2.75, 3.05) is 7.11 Å². The van der Waals surface area contributed by atoms with Crippen molar-refractivity contribution in [1.82, 2.24) is 0 Å². The highest BCUT2D eigenvalue weighted by atomic mass is 19.1. The van der Waals surface area contributed by atoms with Gasteiger partial charge in [-0.05, 0) is 24.1 Å². The van der Waals surface area contributed by atoms with Crippen molar-refractivity contribution >= 4 is 5.69 Å². The van der Waals surface area contributed by atoms with Gasteiger partial charge in [-0.15, -0.1) is 0 Å². The van der Waals surface area contributed by atoms with Gasteiger partial charge in [0.15, 0.2) is 11.6 Å². The highest BCUT2D eigenvalue weighted by Gasteiger charge is 2.17. The number of rotatable bonds is 5. The molecule has 110 valence electrons. The lowest BCUT2D eigenvalue weighted by Gasteiger charge is -2.13. The average molecular weight is 290 g/mol. The van der Waals surface area contributed by atoms with E-state index in [-0.39, 0.29) is 17.9 Å². The average Bonchev–Trinajstić information content (AvgIpc) is 2.47. The monoisotopic (exact) mass is 290 g/mol. The van der Waals surface area contributed by atoms with E-state index < -0.39 is 16.8 Å². The fourth-order valence-corrected chi connectivity index (χ4v) is 2.13. The normalized spacial score (nSPS) is 12.0. The van der Waals surface area contributed by atoms with E-state index in [0.717, 1.165) is 0 Å². The maximum absolute atomic E-state index is 13.7. The Morgan fingerprint density at radius 3 is 2.67 bits per heavy atom. The Kier molecular flexibility index (Phi) is 4.49. The number of ether oxygens (including phenoxy) is 1. The number of nitrogens with two attached hydrogens (primary N) is 1. The zero-order valence-electron chi connectivity index (χ0n) is 11.5. The molecule has 0 aromatic heterocycles. The molecule has 6 heteroatoms. The second-order valence-corrected chi connectivity index (χ2v) is 4.59. The summed E-state index contributed by atoms with van der Waals surface area (Å²) in [6.45, 7) is 0. The third kappa shape index (κ3) is 3.35. The summed E-state index contributed by atoms with van der Waals surface area (Å²) in [5.41, 5.74) is 7.12. The van der Waals surface area contributed by atoms with Gasteiger partial charge in [0.2, 0.25) is 0 Å². The summed E-state index contributed by atoms with van der Waals surface area (Å²) in [6.07, 6.45) is 0.253. The maximum atomic E-state index is 13.7. The molecule has 1 atom stereocenters. The van der Waals surface area contributed by atoms with E-state index in [1.165, 1.54) is 25.3 Å². The minimum Gasteiger partial charge on any atom is -0.494 e. The number of nitrogens with zero attached hydrogens (tertiary/aromatic N) is 1. The molecule has 0 aliphatic rings. The van der Waals surface area contributed by atoms with Gasteiger partial charge in [-0.2, -0.15) is 0 Å². The number of halogens is 1. The van der Waals surface area contributed by atoms with Crippen LogP contribution in [-0.4, -0.2) is 12.0 Å². The Hall–Kier alpha value is -2.47. The summed E-state index contributed by atoms with van der Waals surface area (Å²) < 4.78 is 18.5. The molecule has 0 saturated carbocycles. The zero-order chi connectivity index (χ0) is 15.4. The van der Waals surface area contributed by atoms with Crippen LogP contribution in [0.2, 0.25) is 0 Å². The number of nitro benzene ring substituents is 1. The van der Waals surface area contributed by atoms with Crippen molar-refractivity contribution in [3.63, 3.8) is 0 Å². The molecule has 0 bridgehead atoms. The molecule has 0 radical (unpaired) electrons. The minimum atomic E-state index is -0.536. The topological polar surface area (TPSA) is 78.4 Å². The zero-order valence-corrected chi connectivity index (χ0v) is 11.5. The summed E-state index contributed by atoms with van der Waals surface area (Å²) in [6, 6.07) is 10.3. The second kappa shape index (κ2) is 6.32. The molecule has 0 fully saturated rings. The first-order chi connectivity index (χ1) is 10.0. The molecule has 0 heterocycles. The van der Waals surface area contributed by atoms with Crippen molar-refractivity contribution in [2.24, 2.45) is 5.73 Å². The van der Waals surface area contributed by atoms with E-state index in [0.29, 0.717) is 11.1 Å². The Morgan fingerprint density at radius 2 is 2.05 bits per heavy atom. The molecule has 2 rings (SSSR count). The first kappa shape index (κ1) is 14.9. The van der Waals surface area contributed by atoms with Crippen molar-refractivity contribution in [3.05, 3.63) is 69.5 Å². The molecule has 0 spiro atoms. The Morgan fingerprint density at radius 1 is 1.33 bits per heavy atom. The maximum Gasteiger partial charge on any atom is 0.272 e. The summed E-state index contributed by atoms with van der Waals surface area (Å²) >= 11 is 0. The molecular weight excluding hydrogens is 275 g/mol. The highest BCUT2D eigenvalue weighted by Crippen LogP contribution is 2.26. The fourth-order valence-electron chi connectivity index (χ4n) is 2.13. The van der Waals surface area contributed by atoms with Crippen LogP contribution < -0.4 is 10.5 Å². The Balaban J connectivity index is 2.24. The van der Waals surface area contributed by atoms with E-state index in [4.69, 9.17) is 10.5 Å². The lowest BCUT2D eigenvalue weighted by Crippen LogP contribution is -2.14. The van der Waals surface area contributed by atoms with Crippen molar-refractivity contribution < 1.29 is 14.1 Å². The van der Waals surface area contributed by atoms with Crippen LogP contribution in [-0.2, 0) is 6.42 Å². The smallest absolute Gasteiger partial charge is 0.272 e. The predicted octanol–water partition coefficient (Wildman–Crippen LogP) is 2.99. The van der Waals surface area contributed by atoms with Gasteiger partial charge in [-0.1, -0.05) is 24.3 Å². The van der Waals surface area contributed by atoms with Crippen LogP contribution in [0.15, 0.2) is 42.5 Å². The van der Waals surface area contributed by atoms with Gasteiger partial charge in [0.1, 0.15) is 0 Å². The highest BCUT2D eigenvalue weighted by molar-refractivity contribution is 5.41. The van der Waals surface area contributed by atoms with Gasteiger partial charge < -0.3 is 10.5 Å². The summed E-state index contributed by atoms with van der Waals surface area (Å²) in [5, 5.41) is 11.0. The first-order valence-electron chi connectivity index (χ1n) is 6.34. The lowest BCUT2D eigenvalue weighted by atomic mass is 9.98. The van der Waals surface area contributed by atoms with Crippen molar-refractivity contribution in [1.29, 1.82) is 0 Å². The summed E-state index contributed by atoms with van der Waals surface area (Å²) in [4.78, 5) is 10.5. The van der Waals surface area contributed by atoms with E-state index in [2.05, 4.69) is 0 Å². The molecule has 2 N–H and O–H groups in total. The predicted molar refractivity (Wildman–Crippen MR) is 76.7 cm³/mol. The van der Waals surface area contributed by atoms with Crippen molar-refractivity contribution in [3.8, 4) is 5.75 Å². The molecule has 2 aromatic rings. The third-order valence-corrected chi connectivity index (χ3v) is 3.23. The van der Waals surface area contributed by atoms with Gasteiger partial charge in [0.05, 0.1) is 12.0 Å². The van der Waals surface area contributed by atoms with Gasteiger partial charge in [-0.3, -0.25) is 10.1 Å². The molecule has 1 unspecified atom stereocenters. The van der Waals surface area contributed by atoms with Gasteiger partial charge >= 0.3 is 0 Å². The van der Waals surface area contributed by atoms with Gasteiger partial charge in [0.25, 0.3) is 5.69 Å². The summed E-state index contributed by atoms with van der Waals surface area (Å²) in [7, 11) is 1.38. The molecule has 5 nitrogen and oxygen atoms in total. The minimum absolute atomic E-state index is 0.0157. The van der Waals surface area contributed by atoms with Crippen LogP contribution in [0, 0.1) is 15.9 Å². The Bertz CT molecular complexity index is 661. The third-order valence-electron chi connectivity index (χ3n) is 3.23. The fraction of sp³-hybridized carbons (Fsp3) is 0.200. The largest absolute Gasteiger partial charge is 0.494 e. The number of hydrogen-bond donors (Lipinski definition) is 1. The van der Waals surface area contributed by atoms with Crippen molar-refractivity contribution in [2.45, 2.75) is 12.5 Å². The van der Waals surface area contributed by atoms with E-state index in [1.54, 1.807) is 24.3 Å². The summed E-state index contributed by atoms with van der Waals surface area (Å²) in [5.74, 6) is -0.371. The lowest BCUT2D eigenvalue weighted by molar-refractivity contribution is -0.385. The van der Waals surface area contributed by atoms with Crippen LogP contribution in [0.25, 0.3) is 0 Å². The van der Waals surface area contributed by atoms with Gasteiger partial charge in [0, 0.05) is 17.7 Å². The number of benzene rings is 2. The number of hydrogen-bond acceptors (Lipinski definition) is 4. The molecule has 0 aliphatic heterocycles. The quantitative estimate of drug-likeness (QED) is 0.678.